The molecule has 0 saturated carbocycles. The maximum Gasteiger partial charge on any atom is 0.309 e. The summed E-state index contributed by atoms with van der Waals surface area (Å²) in [4.78, 5) is 9.00. The van der Waals surface area contributed by atoms with Gasteiger partial charge in [0.1, 0.15) is 0 Å². The summed E-state index contributed by atoms with van der Waals surface area (Å²) in [7, 11) is 0. The van der Waals surface area contributed by atoms with Gasteiger partial charge in [-0.15, -0.1) is 0 Å². The van der Waals surface area contributed by atoms with Gasteiger partial charge in [-0.2, -0.15) is 0 Å². The third-order valence-electron chi connectivity index (χ3n) is 0. The number of carbonyl (C=O) groups excluding carboxylic acids is 1. The molecule has 0 heterocycles. The van der Waals surface area contributed by atoms with Crippen molar-refractivity contribution in [3.63, 3.8) is 0 Å². The van der Waals surface area contributed by atoms with E-state index in [2.05, 4.69) is 11.5 Å². The summed E-state index contributed by atoms with van der Waals surface area (Å²) >= 11 is 0. The first-order valence-corrected chi connectivity index (χ1v) is 0.781. The molecule has 0 aliphatic heterocycles. The highest BCUT2D eigenvalue weighted by Gasteiger charge is 1.60. The van der Waals surface area contributed by atoms with E-state index in [1.54, 1.807) is 0 Å². The molecule has 32 valence electrons. The van der Waals surface area contributed by atoms with Gasteiger partial charge < -0.3 is 11.5 Å². The van der Waals surface area contributed by atoms with Crippen molar-refractivity contribution in [2.75, 3.05) is 0 Å². The fourth-order valence-electron chi connectivity index (χ4n) is 0. The molecule has 0 aromatic carbocycles. The maximum atomic E-state index is 9.00. The fraction of sp³-hybridized carbons (Fsp3) is 0.500. The van der Waals surface area contributed by atoms with Crippen molar-refractivity contribution >= 4 is 6.03 Å². The van der Waals surface area contributed by atoms with Gasteiger partial charge in [-0.1, -0.05) is 7.43 Å². The van der Waals surface area contributed by atoms with Gasteiger partial charge >= 0.3 is 6.03 Å². The lowest BCUT2D eigenvalue weighted by molar-refractivity contribution is 0.256. The molecule has 4 N–H and O–H groups in total. The van der Waals surface area contributed by atoms with E-state index in [1.165, 1.54) is 0 Å². The Labute approximate surface area is 31.0 Å². The molecule has 0 atom stereocenters. The van der Waals surface area contributed by atoms with Crippen molar-refractivity contribution in [2.45, 2.75) is 7.43 Å². The normalized spacial score (nSPS) is 4.80. The molecule has 0 bridgehead atoms. The summed E-state index contributed by atoms with van der Waals surface area (Å²) in [6, 6.07) is -0.833. The van der Waals surface area contributed by atoms with E-state index < -0.39 is 6.03 Å². The first-order chi connectivity index (χ1) is 1.73. The van der Waals surface area contributed by atoms with Crippen LogP contribution in [-0.4, -0.2) is 6.03 Å². The van der Waals surface area contributed by atoms with Gasteiger partial charge in [-0.05, 0) is 0 Å². The highest BCUT2D eigenvalue weighted by atomic mass is 16.2. The van der Waals surface area contributed by atoms with E-state index in [0.29, 0.717) is 0 Å². The third-order valence-corrected chi connectivity index (χ3v) is 0. The molecule has 0 aliphatic carbocycles. The molecule has 5 heavy (non-hydrogen) atoms. The van der Waals surface area contributed by atoms with Gasteiger partial charge in [0.25, 0.3) is 0 Å². The Morgan fingerprint density at radius 3 is 1.40 bits per heavy atom. The Bertz CT molecular complexity index is 30.6. The van der Waals surface area contributed by atoms with Crippen LogP contribution in [-0.2, 0) is 0 Å². The molecule has 0 radical (unpaired) electrons. The van der Waals surface area contributed by atoms with Gasteiger partial charge in [-0.3, -0.25) is 0 Å². The molecular weight excluding hydrogens is 69.0 g/mol. The summed E-state index contributed by atoms with van der Waals surface area (Å²) in [5, 5.41) is 0. The summed E-state index contributed by atoms with van der Waals surface area (Å²) in [6.07, 6.45) is 0. The number of rotatable bonds is 0. The van der Waals surface area contributed by atoms with Crippen molar-refractivity contribution in [3.05, 3.63) is 0 Å². The quantitative estimate of drug-likeness (QED) is 0.381. The van der Waals surface area contributed by atoms with E-state index in [4.69, 9.17) is 4.79 Å². The number of primary amides is 2. The molecule has 0 aromatic rings. The SMILES string of the molecule is C.N[13C](N)=O. The highest BCUT2D eigenvalue weighted by molar-refractivity contribution is 5.69. The highest BCUT2D eigenvalue weighted by Crippen LogP contribution is 1.25. The van der Waals surface area contributed by atoms with Crippen molar-refractivity contribution in [3.8, 4) is 0 Å². The van der Waals surface area contributed by atoms with Gasteiger partial charge in [0.15, 0.2) is 0 Å². The first-order valence-electron chi connectivity index (χ1n) is 0.781. The zero-order valence-electron chi connectivity index (χ0n) is 2.06. The Hall–Kier alpha value is -0.730. The molecular formula is C2H8N2O. The number of amides is 2. The largest absolute Gasteiger partial charge is 0.352 e. The molecule has 0 unspecified atom stereocenters. The standard InChI is InChI=1S/CH4N2O.CH4/c2-1(3)4;/h(H4,2,3,4);1H4/i1+1;. The van der Waals surface area contributed by atoms with Crippen molar-refractivity contribution in [1.29, 1.82) is 0 Å². The average molecular weight is 77.1 g/mol. The van der Waals surface area contributed by atoms with E-state index in [-0.39, 0.29) is 7.43 Å². The Morgan fingerprint density at radius 1 is 1.40 bits per heavy atom. The van der Waals surface area contributed by atoms with Crippen LogP contribution in [0.25, 0.3) is 0 Å². The Kier molecular flexibility index (Phi) is 5.79. The van der Waals surface area contributed by atoms with Crippen molar-refractivity contribution < 1.29 is 4.79 Å². The van der Waals surface area contributed by atoms with Crippen LogP contribution in [0, 0.1) is 0 Å². The van der Waals surface area contributed by atoms with Gasteiger partial charge in [0.2, 0.25) is 0 Å². The molecule has 0 aromatic heterocycles. The molecule has 0 saturated heterocycles. The summed E-state index contributed by atoms with van der Waals surface area (Å²) in [5.41, 5.74) is 8.50. The summed E-state index contributed by atoms with van der Waals surface area (Å²) in [5.74, 6) is 0. The molecule has 0 rings (SSSR count). The number of urea groups is 1. The van der Waals surface area contributed by atoms with Crippen LogP contribution in [0.15, 0.2) is 0 Å². The zero-order chi connectivity index (χ0) is 3.58. The zero-order valence-corrected chi connectivity index (χ0v) is 2.06. The van der Waals surface area contributed by atoms with E-state index >= 15 is 0 Å². The minimum absolute atomic E-state index is 0. The third kappa shape index (κ3) is 9.90. The molecule has 0 spiro atoms. The van der Waals surface area contributed by atoms with Crippen LogP contribution in [0.1, 0.15) is 7.43 Å². The van der Waals surface area contributed by atoms with Crippen LogP contribution in [0.3, 0.4) is 0 Å². The number of hydrogen-bond donors (Lipinski definition) is 2. The predicted octanol–water partition coefficient (Wildman–Crippen LogP) is -0.340. The van der Waals surface area contributed by atoms with Crippen LogP contribution < -0.4 is 11.5 Å². The lowest BCUT2D eigenvalue weighted by Crippen LogP contribution is -2.18. The second-order valence-electron chi connectivity index (χ2n) is 0.402. The van der Waals surface area contributed by atoms with Crippen molar-refractivity contribution in [1.82, 2.24) is 0 Å². The number of nitrogens with two attached hydrogens (primary N) is 2. The lowest BCUT2D eigenvalue weighted by atomic mass is 11.9. The smallest absolute Gasteiger partial charge is 0.309 e. The molecule has 3 heteroatoms. The molecule has 2 amide bonds. The second kappa shape index (κ2) is 3.27. The summed E-state index contributed by atoms with van der Waals surface area (Å²) < 4.78 is 0. The van der Waals surface area contributed by atoms with Crippen molar-refractivity contribution in [2.24, 2.45) is 11.5 Å². The molecule has 3 nitrogen and oxygen atoms in total. The summed E-state index contributed by atoms with van der Waals surface area (Å²) in [6.45, 7) is 0. The first kappa shape index (κ1) is 8.86. The van der Waals surface area contributed by atoms with Gasteiger partial charge in [0.05, 0.1) is 0 Å². The van der Waals surface area contributed by atoms with Gasteiger partial charge in [0, 0.05) is 0 Å². The second-order valence-corrected chi connectivity index (χ2v) is 0.402. The Morgan fingerprint density at radius 2 is 1.40 bits per heavy atom. The monoisotopic (exact) mass is 77.1 g/mol. The number of hydrogen-bond acceptors (Lipinski definition) is 1. The minimum atomic E-state index is -0.833. The van der Waals surface area contributed by atoms with Crippen LogP contribution in [0.5, 0.6) is 0 Å². The lowest BCUT2D eigenvalue weighted by Gasteiger charge is -1.62. The topological polar surface area (TPSA) is 69.1 Å². The van der Waals surface area contributed by atoms with Crippen LogP contribution in [0.4, 0.5) is 4.79 Å². The Balaban J connectivity index is 0. The fourth-order valence-corrected chi connectivity index (χ4v) is 0. The van der Waals surface area contributed by atoms with E-state index in [1.807, 2.05) is 0 Å². The molecule has 0 fully saturated rings. The average Bonchev–Trinajstić information content (AvgIpc) is 0.811. The van der Waals surface area contributed by atoms with Crippen LogP contribution >= 0.6 is 0 Å². The molecule has 0 aliphatic rings. The van der Waals surface area contributed by atoms with E-state index in [9.17, 15) is 0 Å². The minimum Gasteiger partial charge on any atom is -0.352 e. The van der Waals surface area contributed by atoms with E-state index in [0.717, 1.165) is 0 Å². The van der Waals surface area contributed by atoms with Crippen LogP contribution in [0.2, 0.25) is 0 Å². The number of carbonyl (C=O) groups is 1. The van der Waals surface area contributed by atoms with Gasteiger partial charge in [-0.25, -0.2) is 4.79 Å². The predicted molar refractivity (Wildman–Crippen MR) is 20.5 cm³/mol. The maximum absolute atomic E-state index is 9.00.